The number of rotatable bonds is 7. The van der Waals surface area contributed by atoms with Crippen LogP contribution in [0.3, 0.4) is 0 Å². The van der Waals surface area contributed by atoms with Crippen LogP contribution in [-0.4, -0.2) is 37.9 Å². The Labute approximate surface area is 183 Å². The lowest BCUT2D eigenvalue weighted by atomic mass is 9.97. The smallest absolute Gasteiger partial charge is 0.243 e. The topological polar surface area (TPSA) is 103 Å². The van der Waals surface area contributed by atoms with Crippen molar-refractivity contribution in [1.82, 2.24) is 20.1 Å². The summed E-state index contributed by atoms with van der Waals surface area (Å²) in [5.41, 5.74) is 5.64. The van der Waals surface area contributed by atoms with Crippen molar-refractivity contribution < 1.29 is 14.0 Å². The molecule has 9 heteroatoms. The van der Waals surface area contributed by atoms with Gasteiger partial charge in [0.1, 0.15) is 11.4 Å². The maximum absolute atomic E-state index is 14.4. The molecular formula is C22H22FN5O2S. The monoisotopic (exact) mass is 439 g/mol. The predicted molar refractivity (Wildman–Crippen MR) is 116 cm³/mol. The molecule has 0 aliphatic heterocycles. The van der Waals surface area contributed by atoms with E-state index in [0.717, 1.165) is 18.5 Å². The third kappa shape index (κ3) is 4.32. The Hall–Kier alpha value is -3.20. The minimum absolute atomic E-state index is 0.0251. The van der Waals surface area contributed by atoms with Crippen LogP contribution in [0.1, 0.15) is 25.7 Å². The lowest BCUT2D eigenvalue weighted by molar-refractivity contribution is -0.130. The number of halogens is 1. The van der Waals surface area contributed by atoms with Crippen LogP contribution in [0.5, 0.6) is 0 Å². The number of benzene rings is 2. The van der Waals surface area contributed by atoms with Crippen molar-refractivity contribution >= 4 is 23.6 Å². The normalized spacial score (nSPS) is 15.0. The molecule has 0 bridgehead atoms. The second kappa shape index (κ2) is 8.89. The molecule has 1 fully saturated rings. The SMILES string of the molecule is NC(=O)C1(NC(=O)CSc2nnc(-c3ccccc3F)n2-c2ccccc2)CCCC1. The van der Waals surface area contributed by atoms with Gasteiger partial charge < -0.3 is 11.1 Å². The van der Waals surface area contributed by atoms with Crippen molar-refractivity contribution in [3.8, 4) is 17.1 Å². The molecule has 0 spiro atoms. The third-order valence-corrected chi connectivity index (χ3v) is 6.33. The first-order chi connectivity index (χ1) is 15.0. The molecule has 2 amide bonds. The molecule has 1 aliphatic rings. The predicted octanol–water partition coefficient (Wildman–Crippen LogP) is 3.08. The molecular weight excluding hydrogens is 417 g/mol. The van der Waals surface area contributed by atoms with Crippen LogP contribution in [0.4, 0.5) is 4.39 Å². The van der Waals surface area contributed by atoms with Gasteiger partial charge >= 0.3 is 0 Å². The number of primary amides is 1. The number of para-hydroxylation sites is 1. The van der Waals surface area contributed by atoms with E-state index in [2.05, 4.69) is 15.5 Å². The zero-order chi connectivity index (χ0) is 21.8. The third-order valence-electron chi connectivity index (χ3n) is 5.40. The molecule has 7 nitrogen and oxygen atoms in total. The standard InChI is InChI=1S/C22H22FN5O2S/c23-17-11-5-4-10-16(17)19-26-27-21(28(19)15-8-2-1-3-9-15)31-14-18(29)25-22(20(24)30)12-6-7-13-22/h1-5,8-11H,6-7,12-14H2,(H2,24,30)(H,25,29). The number of aromatic nitrogens is 3. The Bertz CT molecular complexity index is 1100. The van der Waals surface area contributed by atoms with E-state index in [-0.39, 0.29) is 11.7 Å². The van der Waals surface area contributed by atoms with E-state index >= 15 is 0 Å². The number of hydrogen-bond acceptors (Lipinski definition) is 5. The summed E-state index contributed by atoms with van der Waals surface area (Å²) in [5.74, 6) is -0.849. The van der Waals surface area contributed by atoms with Gasteiger partial charge in [-0.15, -0.1) is 10.2 Å². The molecule has 0 atom stereocenters. The number of carbonyl (C=O) groups excluding carboxylic acids is 2. The highest BCUT2D eigenvalue weighted by molar-refractivity contribution is 7.99. The van der Waals surface area contributed by atoms with E-state index in [1.165, 1.54) is 17.8 Å². The van der Waals surface area contributed by atoms with Crippen LogP contribution >= 0.6 is 11.8 Å². The van der Waals surface area contributed by atoms with Crippen molar-refractivity contribution in [2.75, 3.05) is 5.75 Å². The first-order valence-electron chi connectivity index (χ1n) is 10.00. The molecule has 160 valence electrons. The summed E-state index contributed by atoms with van der Waals surface area (Å²) in [6.07, 6.45) is 2.81. The van der Waals surface area contributed by atoms with E-state index < -0.39 is 17.3 Å². The Morgan fingerprint density at radius 3 is 2.42 bits per heavy atom. The number of hydrogen-bond donors (Lipinski definition) is 2. The number of amides is 2. The van der Waals surface area contributed by atoms with E-state index in [4.69, 9.17) is 5.73 Å². The molecule has 3 N–H and O–H groups in total. The highest BCUT2D eigenvalue weighted by atomic mass is 32.2. The fourth-order valence-electron chi connectivity index (χ4n) is 3.83. The molecule has 1 aromatic heterocycles. The number of nitrogens with two attached hydrogens (primary N) is 1. The van der Waals surface area contributed by atoms with E-state index in [9.17, 15) is 14.0 Å². The largest absolute Gasteiger partial charge is 0.368 e. The summed E-state index contributed by atoms with van der Waals surface area (Å²) in [4.78, 5) is 24.5. The molecule has 1 heterocycles. The summed E-state index contributed by atoms with van der Waals surface area (Å²) in [6, 6.07) is 15.7. The first kappa shape index (κ1) is 21.0. The zero-order valence-corrected chi connectivity index (χ0v) is 17.6. The van der Waals surface area contributed by atoms with Crippen LogP contribution in [0, 0.1) is 5.82 Å². The number of carbonyl (C=O) groups is 2. The Balaban J connectivity index is 1.60. The van der Waals surface area contributed by atoms with Gasteiger partial charge in [0.05, 0.1) is 11.3 Å². The van der Waals surface area contributed by atoms with E-state index in [1.807, 2.05) is 30.3 Å². The first-order valence-corrected chi connectivity index (χ1v) is 11.0. The Kier molecular flexibility index (Phi) is 6.03. The van der Waals surface area contributed by atoms with Gasteiger partial charge in [-0.25, -0.2) is 4.39 Å². The Morgan fingerprint density at radius 2 is 1.74 bits per heavy atom. The average molecular weight is 440 g/mol. The van der Waals surface area contributed by atoms with Crippen LogP contribution in [0.25, 0.3) is 17.1 Å². The van der Waals surface area contributed by atoms with Crippen molar-refractivity contribution in [2.45, 2.75) is 36.4 Å². The van der Waals surface area contributed by atoms with Gasteiger partial charge in [0.2, 0.25) is 11.8 Å². The quantitative estimate of drug-likeness (QED) is 0.551. The number of nitrogens with one attached hydrogen (secondary N) is 1. The van der Waals surface area contributed by atoms with E-state index in [0.29, 0.717) is 29.4 Å². The highest BCUT2D eigenvalue weighted by Crippen LogP contribution is 2.31. The van der Waals surface area contributed by atoms with Crippen molar-refractivity contribution in [2.24, 2.45) is 5.73 Å². The van der Waals surface area contributed by atoms with Crippen molar-refractivity contribution in [3.63, 3.8) is 0 Å². The second-order valence-electron chi connectivity index (χ2n) is 7.45. The zero-order valence-electron chi connectivity index (χ0n) is 16.8. The summed E-state index contributed by atoms with van der Waals surface area (Å²) in [6.45, 7) is 0. The molecule has 3 aromatic rings. The summed E-state index contributed by atoms with van der Waals surface area (Å²) in [5, 5.41) is 11.7. The average Bonchev–Trinajstić information content (AvgIpc) is 3.41. The van der Waals surface area contributed by atoms with Crippen molar-refractivity contribution in [1.29, 1.82) is 0 Å². The van der Waals surface area contributed by atoms with Gasteiger partial charge in [0.15, 0.2) is 11.0 Å². The molecule has 1 saturated carbocycles. The maximum Gasteiger partial charge on any atom is 0.243 e. The van der Waals surface area contributed by atoms with Gasteiger partial charge in [-0.05, 0) is 37.1 Å². The minimum Gasteiger partial charge on any atom is -0.368 e. The highest BCUT2D eigenvalue weighted by Gasteiger charge is 2.40. The summed E-state index contributed by atoms with van der Waals surface area (Å²) >= 11 is 1.17. The van der Waals surface area contributed by atoms with Gasteiger partial charge in [-0.3, -0.25) is 14.2 Å². The fourth-order valence-corrected chi connectivity index (χ4v) is 4.59. The van der Waals surface area contributed by atoms with Gasteiger partial charge in [0.25, 0.3) is 0 Å². The summed E-state index contributed by atoms with van der Waals surface area (Å²) < 4.78 is 16.2. The lowest BCUT2D eigenvalue weighted by Gasteiger charge is -2.26. The van der Waals surface area contributed by atoms with Gasteiger partial charge in [-0.2, -0.15) is 0 Å². The van der Waals surface area contributed by atoms with Crippen LogP contribution in [-0.2, 0) is 9.59 Å². The molecule has 0 radical (unpaired) electrons. The number of thioether (sulfide) groups is 1. The Morgan fingerprint density at radius 1 is 1.06 bits per heavy atom. The second-order valence-corrected chi connectivity index (χ2v) is 8.39. The molecule has 2 aromatic carbocycles. The maximum atomic E-state index is 14.4. The fraction of sp³-hybridized carbons (Fsp3) is 0.273. The van der Waals surface area contributed by atoms with Crippen LogP contribution < -0.4 is 11.1 Å². The van der Waals surface area contributed by atoms with Gasteiger partial charge in [0, 0.05) is 5.69 Å². The lowest BCUT2D eigenvalue weighted by Crippen LogP contribution is -2.56. The molecule has 31 heavy (non-hydrogen) atoms. The molecule has 0 unspecified atom stereocenters. The minimum atomic E-state index is -0.969. The number of nitrogens with zero attached hydrogens (tertiary/aromatic N) is 3. The van der Waals surface area contributed by atoms with Gasteiger partial charge in [-0.1, -0.05) is 54.9 Å². The van der Waals surface area contributed by atoms with Crippen LogP contribution in [0.2, 0.25) is 0 Å². The summed E-state index contributed by atoms with van der Waals surface area (Å²) in [7, 11) is 0. The molecule has 0 saturated heterocycles. The van der Waals surface area contributed by atoms with E-state index in [1.54, 1.807) is 22.8 Å². The molecule has 1 aliphatic carbocycles. The van der Waals surface area contributed by atoms with Crippen molar-refractivity contribution in [3.05, 3.63) is 60.4 Å². The molecule has 4 rings (SSSR count). The van der Waals surface area contributed by atoms with Crippen LogP contribution in [0.15, 0.2) is 59.8 Å².